The molecule has 24 heavy (non-hydrogen) atoms. The lowest BCUT2D eigenvalue weighted by molar-refractivity contribution is -0.127. The molecule has 0 aliphatic rings. The molecule has 0 radical (unpaired) electrons. The number of carbonyl (C=O) groups excluding carboxylic acids is 1. The maximum absolute atomic E-state index is 12.5. The van der Waals surface area contributed by atoms with Crippen molar-refractivity contribution in [3.8, 4) is 5.75 Å². The zero-order valence-corrected chi connectivity index (χ0v) is 15.4. The second-order valence-corrected chi connectivity index (χ2v) is 6.62. The average molecular weight is 325 g/mol. The number of hydrogen-bond donors (Lipinski definition) is 1. The number of carbonyl (C=O) groups is 1. The minimum atomic E-state index is -0.543. The van der Waals surface area contributed by atoms with Gasteiger partial charge in [0.05, 0.1) is 6.04 Å². The maximum atomic E-state index is 12.5. The van der Waals surface area contributed by atoms with E-state index in [0.717, 1.165) is 22.4 Å². The van der Waals surface area contributed by atoms with Crippen LogP contribution in [0.15, 0.2) is 36.4 Å². The Morgan fingerprint density at radius 2 is 1.54 bits per heavy atom. The zero-order chi connectivity index (χ0) is 17.9. The largest absolute Gasteiger partial charge is 0.481 e. The molecule has 0 aliphatic carbocycles. The van der Waals surface area contributed by atoms with E-state index in [1.807, 2.05) is 39.0 Å². The summed E-state index contributed by atoms with van der Waals surface area (Å²) in [5.74, 6) is 0.653. The summed E-state index contributed by atoms with van der Waals surface area (Å²) >= 11 is 0. The van der Waals surface area contributed by atoms with Crippen molar-refractivity contribution < 1.29 is 9.53 Å². The predicted molar refractivity (Wildman–Crippen MR) is 98.5 cm³/mol. The van der Waals surface area contributed by atoms with E-state index in [9.17, 15) is 4.79 Å². The fourth-order valence-electron chi connectivity index (χ4n) is 2.80. The Hall–Kier alpha value is -2.29. The van der Waals surface area contributed by atoms with Crippen molar-refractivity contribution >= 4 is 5.91 Å². The molecule has 3 heteroatoms. The minimum absolute atomic E-state index is 0.0530. The smallest absolute Gasteiger partial charge is 0.261 e. The van der Waals surface area contributed by atoms with Gasteiger partial charge in [-0.1, -0.05) is 35.9 Å². The summed E-state index contributed by atoms with van der Waals surface area (Å²) in [4.78, 5) is 12.5. The van der Waals surface area contributed by atoms with Crippen LogP contribution in [-0.2, 0) is 4.79 Å². The van der Waals surface area contributed by atoms with Crippen LogP contribution in [0.1, 0.15) is 47.7 Å². The number of hydrogen-bond acceptors (Lipinski definition) is 2. The second-order valence-electron chi connectivity index (χ2n) is 6.62. The standard InChI is InChI=1S/C21H27NO2/c1-13-8-10-19(16(4)11-13)17(5)22-21(23)18(6)24-20-12-14(2)7-9-15(20)3/h7-12,17-18H,1-6H3,(H,22,23)/t17-,18-/m0/s1. The lowest BCUT2D eigenvalue weighted by atomic mass is 10.00. The van der Waals surface area contributed by atoms with E-state index in [-0.39, 0.29) is 11.9 Å². The van der Waals surface area contributed by atoms with Crippen molar-refractivity contribution in [3.63, 3.8) is 0 Å². The fourth-order valence-corrected chi connectivity index (χ4v) is 2.80. The minimum Gasteiger partial charge on any atom is -0.481 e. The van der Waals surface area contributed by atoms with E-state index in [2.05, 4.69) is 37.4 Å². The summed E-state index contributed by atoms with van der Waals surface area (Å²) in [7, 11) is 0. The molecule has 0 heterocycles. The van der Waals surface area contributed by atoms with Crippen LogP contribution in [0.4, 0.5) is 0 Å². The normalized spacial score (nSPS) is 13.2. The topological polar surface area (TPSA) is 38.3 Å². The van der Waals surface area contributed by atoms with Gasteiger partial charge in [0.25, 0.3) is 5.91 Å². The van der Waals surface area contributed by atoms with Crippen molar-refractivity contribution in [2.75, 3.05) is 0 Å². The first-order chi connectivity index (χ1) is 11.3. The van der Waals surface area contributed by atoms with Crippen LogP contribution in [0, 0.1) is 27.7 Å². The predicted octanol–water partition coefficient (Wildman–Crippen LogP) is 4.56. The number of ether oxygens (including phenoxy) is 1. The lowest BCUT2D eigenvalue weighted by Crippen LogP contribution is -2.38. The van der Waals surface area contributed by atoms with Gasteiger partial charge in [0, 0.05) is 0 Å². The van der Waals surface area contributed by atoms with Gasteiger partial charge in [0.15, 0.2) is 6.10 Å². The van der Waals surface area contributed by atoms with Crippen molar-refractivity contribution in [2.45, 2.75) is 53.7 Å². The van der Waals surface area contributed by atoms with Gasteiger partial charge in [0.2, 0.25) is 0 Å². The molecule has 128 valence electrons. The maximum Gasteiger partial charge on any atom is 0.261 e. The second kappa shape index (κ2) is 7.52. The molecule has 0 spiro atoms. The van der Waals surface area contributed by atoms with E-state index in [1.54, 1.807) is 6.92 Å². The Morgan fingerprint density at radius 3 is 2.21 bits per heavy atom. The lowest BCUT2D eigenvalue weighted by Gasteiger charge is -2.21. The number of nitrogens with one attached hydrogen (secondary N) is 1. The van der Waals surface area contributed by atoms with Crippen LogP contribution in [0.3, 0.4) is 0 Å². The van der Waals surface area contributed by atoms with Crippen LogP contribution in [0.2, 0.25) is 0 Å². The Balaban J connectivity index is 2.04. The quantitative estimate of drug-likeness (QED) is 0.875. The third-order valence-corrected chi connectivity index (χ3v) is 4.27. The molecular weight excluding hydrogens is 298 g/mol. The van der Waals surface area contributed by atoms with Gasteiger partial charge in [-0.2, -0.15) is 0 Å². The van der Waals surface area contributed by atoms with Gasteiger partial charge >= 0.3 is 0 Å². The van der Waals surface area contributed by atoms with E-state index < -0.39 is 6.10 Å². The van der Waals surface area contributed by atoms with E-state index in [4.69, 9.17) is 4.74 Å². The first kappa shape index (κ1) is 18.1. The van der Waals surface area contributed by atoms with E-state index in [0.29, 0.717) is 0 Å². The summed E-state index contributed by atoms with van der Waals surface area (Å²) in [6.07, 6.45) is -0.543. The molecule has 0 saturated heterocycles. The third-order valence-electron chi connectivity index (χ3n) is 4.27. The Labute approximate surface area is 145 Å². The monoisotopic (exact) mass is 325 g/mol. The number of aryl methyl sites for hydroxylation is 4. The summed E-state index contributed by atoms with van der Waals surface area (Å²) in [6.45, 7) is 11.9. The van der Waals surface area contributed by atoms with Crippen LogP contribution in [0.25, 0.3) is 0 Å². The van der Waals surface area contributed by atoms with Crippen LogP contribution in [0.5, 0.6) is 5.75 Å². The number of amides is 1. The molecule has 0 aliphatic heterocycles. The van der Waals surface area contributed by atoms with Crippen molar-refractivity contribution in [2.24, 2.45) is 0 Å². The average Bonchev–Trinajstić information content (AvgIpc) is 2.50. The highest BCUT2D eigenvalue weighted by atomic mass is 16.5. The highest BCUT2D eigenvalue weighted by Crippen LogP contribution is 2.22. The van der Waals surface area contributed by atoms with E-state index >= 15 is 0 Å². The van der Waals surface area contributed by atoms with Crippen LogP contribution < -0.4 is 10.1 Å². The summed E-state index contributed by atoms with van der Waals surface area (Å²) < 4.78 is 5.86. The summed E-state index contributed by atoms with van der Waals surface area (Å²) in [5, 5.41) is 3.05. The van der Waals surface area contributed by atoms with Gasteiger partial charge in [-0.15, -0.1) is 0 Å². The first-order valence-corrected chi connectivity index (χ1v) is 8.39. The molecule has 0 fully saturated rings. The molecule has 1 N–H and O–H groups in total. The molecule has 2 atom stereocenters. The molecule has 3 nitrogen and oxygen atoms in total. The third kappa shape index (κ3) is 4.38. The van der Waals surface area contributed by atoms with Crippen molar-refractivity contribution in [3.05, 3.63) is 64.2 Å². The highest BCUT2D eigenvalue weighted by molar-refractivity contribution is 5.81. The van der Waals surface area contributed by atoms with Gasteiger partial charge in [-0.3, -0.25) is 4.79 Å². The Bertz CT molecular complexity index is 737. The van der Waals surface area contributed by atoms with Crippen molar-refractivity contribution in [1.82, 2.24) is 5.32 Å². The first-order valence-electron chi connectivity index (χ1n) is 8.39. The number of rotatable bonds is 5. The number of benzene rings is 2. The van der Waals surface area contributed by atoms with Gasteiger partial charge in [0.1, 0.15) is 5.75 Å². The van der Waals surface area contributed by atoms with Crippen LogP contribution in [-0.4, -0.2) is 12.0 Å². The van der Waals surface area contributed by atoms with Crippen molar-refractivity contribution in [1.29, 1.82) is 0 Å². The zero-order valence-electron chi connectivity index (χ0n) is 15.4. The van der Waals surface area contributed by atoms with E-state index in [1.165, 1.54) is 11.1 Å². The summed E-state index contributed by atoms with van der Waals surface area (Å²) in [5.41, 5.74) is 5.69. The highest BCUT2D eigenvalue weighted by Gasteiger charge is 2.19. The Kier molecular flexibility index (Phi) is 5.66. The molecular formula is C21H27NO2. The molecule has 2 aromatic rings. The fraction of sp³-hybridized carbons (Fsp3) is 0.381. The van der Waals surface area contributed by atoms with Gasteiger partial charge < -0.3 is 10.1 Å². The molecule has 0 bridgehead atoms. The molecule has 1 amide bonds. The molecule has 0 aromatic heterocycles. The molecule has 0 saturated carbocycles. The molecule has 0 unspecified atom stereocenters. The molecule has 2 rings (SSSR count). The van der Waals surface area contributed by atoms with Crippen LogP contribution >= 0.6 is 0 Å². The molecule has 2 aromatic carbocycles. The van der Waals surface area contributed by atoms with Gasteiger partial charge in [-0.05, 0) is 69.9 Å². The Morgan fingerprint density at radius 1 is 0.917 bits per heavy atom. The van der Waals surface area contributed by atoms with Gasteiger partial charge in [-0.25, -0.2) is 0 Å². The SMILES string of the molecule is Cc1ccc([C@H](C)NC(=O)[C@H](C)Oc2cc(C)ccc2C)c(C)c1. The summed E-state index contributed by atoms with van der Waals surface area (Å²) in [6, 6.07) is 12.2.